The van der Waals surface area contributed by atoms with Gasteiger partial charge in [0.15, 0.2) is 0 Å². The number of hydrogen-bond donors (Lipinski definition) is 1. The topological polar surface area (TPSA) is 58.6 Å². The average molecular weight is 407 g/mol. The summed E-state index contributed by atoms with van der Waals surface area (Å²) in [6, 6.07) is 17.6. The van der Waals surface area contributed by atoms with Crippen molar-refractivity contribution in [2.24, 2.45) is 0 Å². The predicted octanol–water partition coefficient (Wildman–Crippen LogP) is 3.93. The van der Waals surface area contributed by atoms with E-state index in [1.807, 2.05) is 49.1 Å². The molecule has 2 aliphatic rings. The van der Waals surface area contributed by atoms with Crippen LogP contribution >= 0.6 is 0 Å². The van der Waals surface area contributed by atoms with Crippen molar-refractivity contribution in [2.75, 3.05) is 13.2 Å². The van der Waals surface area contributed by atoms with Crippen molar-refractivity contribution in [1.82, 2.24) is 10.2 Å². The molecule has 4 rings (SSSR count). The molecule has 1 aliphatic carbocycles. The van der Waals surface area contributed by atoms with Crippen molar-refractivity contribution in [3.05, 3.63) is 65.7 Å². The molecule has 1 N–H and O–H groups in total. The lowest BCUT2D eigenvalue weighted by Gasteiger charge is -2.29. The lowest BCUT2D eigenvalue weighted by molar-refractivity contribution is -0.135. The fourth-order valence-corrected chi connectivity index (χ4v) is 4.30. The van der Waals surface area contributed by atoms with Crippen LogP contribution in [0.4, 0.5) is 0 Å². The van der Waals surface area contributed by atoms with E-state index in [9.17, 15) is 9.59 Å². The number of carbonyl (C=O) groups excluding carboxylic acids is 2. The minimum atomic E-state index is -0.324. The van der Waals surface area contributed by atoms with Crippen LogP contribution < -0.4 is 10.1 Å². The Bertz CT molecular complexity index is 888. The zero-order valence-corrected chi connectivity index (χ0v) is 17.8. The summed E-state index contributed by atoms with van der Waals surface area (Å²) in [5, 5.41) is 2.88. The highest BCUT2D eigenvalue weighted by atomic mass is 16.5. The maximum atomic E-state index is 13.4. The summed E-state index contributed by atoms with van der Waals surface area (Å²) >= 11 is 0. The summed E-state index contributed by atoms with van der Waals surface area (Å²) < 4.78 is 6.00. The first kappa shape index (κ1) is 20.5. The Morgan fingerprint density at radius 1 is 1.10 bits per heavy atom. The summed E-state index contributed by atoms with van der Waals surface area (Å²) in [5.74, 6) is 0.889. The zero-order chi connectivity index (χ0) is 21.1. The Hall–Kier alpha value is -2.82. The highest BCUT2D eigenvalue weighted by Gasteiger charge is 2.54. The molecule has 5 heteroatoms. The summed E-state index contributed by atoms with van der Waals surface area (Å²) in [6.07, 6.45) is 3.84. The van der Waals surface area contributed by atoms with Gasteiger partial charge in [-0.2, -0.15) is 0 Å². The molecular formula is C25H30N2O3. The molecule has 2 fully saturated rings. The van der Waals surface area contributed by atoms with E-state index in [0.717, 1.165) is 43.5 Å². The van der Waals surface area contributed by atoms with Gasteiger partial charge < -0.3 is 15.0 Å². The van der Waals surface area contributed by atoms with Crippen LogP contribution in [0, 0.1) is 0 Å². The van der Waals surface area contributed by atoms with E-state index >= 15 is 0 Å². The second-order valence-corrected chi connectivity index (χ2v) is 8.71. The molecule has 1 aliphatic heterocycles. The number of nitrogens with zero attached hydrogens (tertiary/aromatic N) is 1. The third kappa shape index (κ3) is 4.20. The Morgan fingerprint density at radius 3 is 2.43 bits per heavy atom. The summed E-state index contributed by atoms with van der Waals surface area (Å²) in [4.78, 5) is 27.5. The monoisotopic (exact) mass is 406 g/mol. The van der Waals surface area contributed by atoms with Gasteiger partial charge in [0.05, 0.1) is 11.5 Å². The molecule has 1 heterocycles. The van der Waals surface area contributed by atoms with E-state index in [-0.39, 0.29) is 29.3 Å². The van der Waals surface area contributed by atoms with Crippen LogP contribution in [-0.4, -0.2) is 41.9 Å². The molecule has 1 saturated carbocycles. The highest BCUT2D eigenvalue weighted by molar-refractivity contribution is 5.94. The maximum Gasteiger partial charge on any atom is 0.251 e. The lowest BCUT2D eigenvalue weighted by atomic mass is 9.94. The number of benzene rings is 2. The van der Waals surface area contributed by atoms with Gasteiger partial charge in [0.2, 0.25) is 5.91 Å². The van der Waals surface area contributed by atoms with Crippen LogP contribution in [0.1, 0.15) is 55.5 Å². The third-order valence-electron chi connectivity index (χ3n) is 6.10. The van der Waals surface area contributed by atoms with Crippen LogP contribution in [0.25, 0.3) is 0 Å². The summed E-state index contributed by atoms with van der Waals surface area (Å²) in [7, 11) is 0. The lowest BCUT2D eigenvalue weighted by Crippen LogP contribution is -2.44. The molecule has 2 aromatic carbocycles. The third-order valence-corrected chi connectivity index (χ3v) is 6.10. The van der Waals surface area contributed by atoms with Gasteiger partial charge >= 0.3 is 0 Å². The van der Waals surface area contributed by atoms with Gasteiger partial charge in [-0.25, -0.2) is 0 Å². The van der Waals surface area contributed by atoms with E-state index in [4.69, 9.17) is 4.74 Å². The first-order valence-electron chi connectivity index (χ1n) is 10.9. The molecule has 0 aromatic heterocycles. The highest BCUT2D eigenvalue weighted by Crippen LogP contribution is 2.50. The van der Waals surface area contributed by atoms with Crippen molar-refractivity contribution in [1.29, 1.82) is 0 Å². The molecule has 0 unspecified atom stereocenters. The number of ether oxygens (including phenoxy) is 1. The van der Waals surface area contributed by atoms with Crippen molar-refractivity contribution >= 4 is 11.8 Å². The fraction of sp³-hybridized carbons (Fsp3) is 0.440. The summed E-state index contributed by atoms with van der Waals surface area (Å²) in [6.45, 7) is 5.16. The predicted molar refractivity (Wildman–Crippen MR) is 117 cm³/mol. The Morgan fingerprint density at radius 2 is 1.80 bits per heavy atom. The van der Waals surface area contributed by atoms with Gasteiger partial charge in [-0.1, -0.05) is 30.3 Å². The molecule has 1 saturated heterocycles. The molecule has 2 aromatic rings. The second kappa shape index (κ2) is 8.50. The molecule has 158 valence electrons. The van der Waals surface area contributed by atoms with E-state index < -0.39 is 0 Å². The van der Waals surface area contributed by atoms with Crippen molar-refractivity contribution < 1.29 is 14.3 Å². The fourth-order valence-electron chi connectivity index (χ4n) is 4.30. The van der Waals surface area contributed by atoms with Crippen molar-refractivity contribution in [2.45, 2.75) is 57.0 Å². The molecule has 1 atom stereocenters. The number of amides is 2. The van der Waals surface area contributed by atoms with Crippen LogP contribution in [0.15, 0.2) is 54.6 Å². The van der Waals surface area contributed by atoms with Gasteiger partial charge in [-0.15, -0.1) is 0 Å². The Kier molecular flexibility index (Phi) is 5.80. The van der Waals surface area contributed by atoms with Crippen molar-refractivity contribution in [3.63, 3.8) is 0 Å². The summed E-state index contributed by atoms with van der Waals surface area (Å²) in [5.41, 5.74) is 1.43. The van der Waals surface area contributed by atoms with Crippen LogP contribution in [0.2, 0.25) is 0 Å². The first-order chi connectivity index (χ1) is 14.5. The Labute approximate surface area is 178 Å². The van der Waals surface area contributed by atoms with Crippen molar-refractivity contribution in [3.8, 4) is 5.75 Å². The number of likely N-dealkylation sites (tertiary alicyclic amines) is 1. The number of nitrogens with one attached hydrogen (secondary N) is 1. The average Bonchev–Trinajstić information content (AvgIpc) is 3.44. The van der Waals surface area contributed by atoms with Crippen LogP contribution in [-0.2, 0) is 10.2 Å². The molecule has 0 bridgehead atoms. The normalized spacial score (nSPS) is 19.6. The standard InChI is InChI=1S/C25H30N2O3/c1-18(2)26-23(28)19-10-12-22(13-11-19)30-17-21-9-6-16-27(21)24(29)25(14-15-25)20-7-4-3-5-8-20/h3-5,7-8,10-13,18,21H,6,9,14-17H2,1-2H3,(H,26,28)/t21-/m0/s1. The van der Waals surface area contributed by atoms with Gasteiger partial charge in [0, 0.05) is 18.2 Å². The number of carbonyl (C=O) groups is 2. The van der Waals surface area contributed by atoms with Gasteiger partial charge in [0.1, 0.15) is 12.4 Å². The number of hydrogen-bond acceptors (Lipinski definition) is 3. The minimum Gasteiger partial charge on any atom is -0.491 e. The Balaban J connectivity index is 1.37. The zero-order valence-electron chi connectivity index (χ0n) is 17.8. The smallest absolute Gasteiger partial charge is 0.251 e. The molecule has 30 heavy (non-hydrogen) atoms. The van der Waals surface area contributed by atoms with E-state index in [0.29, 0.717) is 12.2 Å². The van der Waals surface area contributed by atoms with Gasteiger partial charge in [0.25, 0.3) is 5.91 Å². The number of rotatable bonds is 7. The SMILES string of the molecule is CC(C)NC(=O)c1ccc(OC[C@@H]2CCCN2C(=O)C2(c3ccccc3)CC2)cc1. The van der Waals surface area contributed by atoms with Gasteiger partial charge in [-0.3, -0.25) is 9.59 Å². The van der Waals surface area contributed by atoms with Gasteiger partial charge in [-0.05, 0) is 69.4 Å². The molecule has 2 amide bonds. The maximum absolute atomic E-state index is 13.4. The largest absolute Gasteiger partial charge is 0.491 e. The van der Waals surface area contributed by atoms with Crippen LogP contribution in [0.3, 0.4) is 0 Å². The first-order valence-corrected chi connectivity index (χ1v) is 10.9. The van der Waals surface area contributed by atoms with E-state index in [1.54, 1.807) is 12.1 Å². The molecule has 5 nitrogen and oxygen atoms in total. The minimum absolute atomic E-state index is 0.0836. The quantitative estimate of drug-likeness (QED) is 0.758. The van der Waals surface area contributed by atoms with Crippen LogP contribution in [0.5, 0.6) is 5.75 Å². The second-order valence-electron chi connectivity index (χ2n) is 8.71. The molecule has 0 spiro atoms. The van der Waals surface area contributed by atoms with E-state index in [1.165, 1.54) is 0 Å². The molecular weight excluding hydrogens is 376 g/mol. The van der Waals surface area contributed by atoms with E-state index in [2.05, 4.69) is 17.4 Å². The molecule has 0 radical (unpaired) electrons.